The molecule has 0 spiro atoms. The molecule has 0 saturated carbocycles. The Hall–Kier alpha value is -11.3. The molecule has 0 amide bonds. The van der Waals surface area contributed by atoms with Crippen molar-refractivity contribution >= 4 is 88.0 Å². The zero-order valence-electron chi connectivity index (χ0n) is 47.2. The second-order valence-corrected chi connectivity index (χ2v) is 22.3. The summed E-state index contributed by atoms with van der Waals surface area (Å²) in [4.78, 5) is 4.90. The number of rotatable bonds is 12. The molecule has 0 aromatic heterocycles. The molecule has 0 saturated heterocycles. The second-order valence-electron chi connectivity index (χ2n) is 22.3. The van der Waals surface area contributed by atoms with Gasteiger partial charge in [-0.2, -0.15) is 0 Å². The van der Waals surface area contributed by atoms with Gasteiger partial charge in [0.25, 0.3) is 0 Å². The van der Waals surface area contributed by atoms with Gasteiger partial charge >= 0.3 is 0 Å². The molecule has 0 aliphatic heterocycles. The molecule has 0 bridgehead atoms. The molecule has 2 nitrogen and oxygen atoms in total. The lowest BCUT2D eigenvalue weighted by Crippen LogP contribution is -2.12. The SMILES string of the molecule is c1ccc(-c2ccc(N(c3ccc(-c4ccc5ccc6c(-c7ccc(N(c8ccc(-c9ccccc9)cc8-c8ccccc8)c8cccc9ccccc89)cc7)ccc7ccc4c5c76)cc3)c3cccc4ccccc34)c(-c3ccccc3)c2)cc1. The quantitative estimate of drug-likeness (QED) is 0.113. The molecule has 2 heteroatoms. The van der Waals surface area contributed by atoms with Crippen molar-refractivity contribution in [1.29, 1.82) is 0 Å². The average molecular weight is 1090 g/mol. The van der Waals surface area contributed by atoms with Crippen LogP contribution in [0, 0.1) is 0 Å². The van der Waals surface area contributed by atoms with E-state index in [1.54, 1.807) is 0 Å². The summed E-state index contributed by atoms with van der Waals surface area (Å²) in [6, 6.07) is 125. The topological polar surface area (TPSA) is 6.48 Å². The Bertz CT molecular complexity index is 4800. The summed E-state index contributed by atoms with van der Waals surface area (Å²) in [6.07, 6.45) is 0. The van der Waals surface area contributed by atoms with Crippen LogP contribution in [0.4, 0.5) is 34.1 Å². The van der Waals surface area contributed by atoms with Gasteiger partial charge < -0.3 is 9.80 Å². The molecule has 0 radical (unpaired) electrons. The molecule has 16 rings (SSSR count). The Kier molecular flexibility index (Phi) is 12.6. The smallest absolute Gasteiger partial charge is 0.0540 e. The van der Waals surface area contributed by atoms with Crippen molar-refractivity contribution in [2.75, 3.05) is 9.80 Å². The van der Waals surface area contributed by atoms with Gasteiger partial charge in [-0.1, -0.05) is 279 Å². The highest BCUT2D eigenvalue weighted by Gasteiger charge is 2.24. The van der Waals surface area contributed by atoms with Crippen LogP contribution in [-0.2, 0) is 0 Å². The van der Waals surface area contributed by atoms with E-state index in [1.165, 1.54) is 98.4 Å². The zero-order valence-corrected chi connectivity index (χ0v) is 47.2. The minimum atomic E-state index is 1.08. The third-order valence-corrected chi connectivity index (χ3v) is 17.4. The minimum Gasteiger partial charge on any atom is -0.309 e. The lowest BCUT2D eigenvalue weighted by atomic mass is 9.87. The first kappa shape index (κ1) is 50.4. The molecule has 0 aliphatic carbocycles. The highest BCUT2D eigenvalue weighted by atomic mass is 15.2. The number of hydrogen-bond donors (Lipinski definition) is 0. The number of hydrogen-bond acceptors (Lipinski definition) is 2. The van der Waals surface area contributed by atoms with Crippen molar-refractivity contribution in [1.82, 2.24) is 0 Å². The molecule has 0 unspecified atom stereocenters. The van der Waals surface area contributed by atoms with Crippen molar-refractivity contribution in [3.63, 3.8) is 0 Å². The molecule has 86 heavy (non-hydrogen) atoms. The number of fused-ring (bicyclic) bond motifs is 2. The fourth-order valence-corrected chi connectivity index (χ4v) is 13.3. The average Bonchev–Trinajstić information content (AvgIpc) is 1.23. The van der Waals surface area contributed by atoms with Crippen molar-refractivity contribution in [2.45, 2.75) is 0 Å². The largest absolute Gasteiger partial charge is 0.309 e. The molecular weight excluding hydrogens is 1040 g/mol. The third-order valence-electron chi connectivity index (χ3n) is 17.4. The molecule has 0 N–H and O–H groups in total. The first-order chi connectivity index (χ1) is 42.7. The van der Waals surface area contributed by atoms with Gasteiger partial charge in [-0.25, -0.2) is 0 Å². The summed E-state index contributed by atoms with van der Waals surface area (Å²) in [5.74, 6) is 0. The summed E-state index contributed by atoms with van der Waals surface area (Å²) < 4.78 is 0. The molecule has 0 heterocycles. The predicted molar refractivity (Wildman–Crippen MR) is 367 cm³/mol. The maximum absolute atomic E-state index is 2.45. The van der Waals surface area contributed by atoms with E-state index in [4.69, 9.17) is 0 Å². The van der Waals surface area contributed by atoms with E-state index < -0.39 is 0 Å². The van der Waals surface area contributed by atoms with Crippen LogP contribution >= 0.6 is 0 Å². The summed E-state index contributed by atoms with van der Waals surface area (Å²) in [5, 5.41) is 12.3. The molecule has 0 fully saturated rings. The highest BCUT2D eigenvalue weighted by molar-refractivity contribution is 6.27. The molecule has 402 valence electrons. The maximum Gasteiger partial charge on any atom is 0.0540 e. The van der Waals surface area contributed by atoms with E-state index in [0.717, 1.165) is 56.4 Å². The monoisotopic (exact) mass is 1090 g/mol. The van der Waals surface area contributed by atoms with Gasteiger partial charge in [0.15, 0.2) is 0 Å². The van der Waals surface area contributed by atoms with E-state index in [1.807, 2.05) is 0 Å². The summed E-state index contributed by atoms with van der Waals surface area (Å²) >= 11 is 0. The molecule has 16 aromatic rings. The van der Waals surface area contributed by atoms with E-state index in [9.17, 15) is 0 Å². The minimum absolute atomic E-state index is 1.08. The molecule has 16 aromatic carbocycles. The standard InChI is InChI=1S/C84H56N2/c1-5-19-57(20-6-1)67-43-53-81(77(55-67)61-23-9-3-10-24-61)85(79-33-17-29-59-27-13-15-31-73(59)79)69-45-35-63(36-46-69)71-49-39-65-42-52-76-72(50-40-66-41-51-75(71)83(65)84(66)76)64-37-47-70(48-38-64)86(80-34-18-30-60-28-14-16-32-74(60)80)82-54-44-68(58-21-7-2-8-22-58)56-78(82)62-25-11-4-12-26-62/h1-56H. The van der Waals surface area contributed by atoms with Crippen LogP contribution < -0.4 is 9.80 Å². The van der Waals surface area contributed by atoms with Crippen LogP contribution in [0.3, 0.4) is 0 Å². The predicted octanol–water partition coefficient (Wildman–Crippen LogP) is 23.8. The van der Waals surface area contributed by atoms with Crippen molar-refractivity contribution < 1.29 is 0 Å². The Balaban J connectivity index is 0.800. The Labute approximate surface area is 501 Å². The van der Waals surface area contributed by atoms with Crippen LogP contribution in [-0.4, -0.2) is 0 Å². The van der Waals surface area contributed by atoms with Gasteiger partial charge in [-0.15, -0.1) is 0 Å². The number of benzene rings is 16. The van der Waals surface area contributed by atoms with Gasteiger partial charge in [0, 0.05) is 33.3 Å². The van der Waals surface area contributed by atoms with Crippen LogP contribution in [0.15, 0.2) is 340 Å². The summed E-state index contributed by atoms with van der Waals surface area (Å²) in [5.41, 5.74) is 20.8. The van der Waals surface area contributed by atoms with Crippen molar-refractivity contribution in [3.05, 3.63) is 340 Å². The van der Waals surface area contributed by atoms with E-state index in [0.29, 0.717) is 0 Å². The van der Waals surface area contributed by atoms with Gasteiger partial charge in [0.1, 0.15) is 0 Å². The second kappa shape index (κ2) is 21.5. The van der Waals surface area contributed by atoms with Crippen LogP contribution in [0.5, 0.6) is 0 Å². The molecule has 0 aliphatic rings. The van der Waals surface area contributed by atoms with Crippen LogP contribution in [0.1, 0.15) is 0 Å². The molecule has 0 atom stereocenters. The Morgan fingerprint density at radius 3 is 0.895 bits per heavy atom. The first-order valence-corrected chi connectivity index (χ1v) is 29.6. The maximum atomic E-state index is 2.45. The van der Waals surface area contributed by atoms with E-state index in [2.05, 4.69) is 350 Å². The highest BCUT2D eigenvalue weighted by Crippen LogP contribution is 2.49. The Morgan fingerprint density at radius 2 is 0.488 bits per heavy atom. The normalized spacial score (nSPS) is 11.5. The van der Waals surface area contributed by atoms with Gasteiger partial charge in [-0.05, 0) is 159 Å². The van der Waals surface area contributed by atoms with Gasteiger partial charge in [-0.3, -0.25) is 0 Å². The van der Waals surface area contributed by atoms with E-state index in [-0.39, 0.29) is 0 Å². The summed E-state index contributed by atoms with van der Waals surface area (Å²) in [6.45, 7) is 0. The van der Waals surface area contributed by atoms with Gasteiger partial charge in [0.05, 0.1) is 22.7 Å². The third kappa shape index (κ3) is 8.91. The van der Waals surface area contributed by atoms with Crippen molar-refractivity contribution in [3.8, 4) is 66.8 Å². The van der Waals surface area contributed by atoms with Crippen LogP contribution in [0.2, 0.25) is 0 Å². The lowest BCUT2D eigenvalue weighted by Gasteiger charge is -2.29. The van der Waals surface area contributed by atoms with Crippen LogP contribution in [0.25, 0.3) is 121 Å². The first-order valence-electron chi connectivity index (χ1n) is 29.6. The fourth-order valence-electron chi connectivity index (χ4n) is 13.3. The van der Waals surface area contributed by atoms with E-state index >= 15 is 0 Å². The van der Waals surface area contributed by atoms with Gasteiger partial charge in [0.2, 0.25) is 0 Å². The number of anilines is 6. The Morgan fingerprint density at radius 1 is 0.163 bits per heavy atom. The lowest BCUT2D eigenvalue weighted by molar-refractivity contribution is 1.30. The number of nitrogens with zero attached hydrogens (tertiary/aromatic N) is 2. The van der Waals surface area contributed by atoms with Crippen molar-refractivity contribution in [2.24, 2.45) is 0 Å². The zero-order chi connectivity index (χ0) is 56.9. The molecular formula is C84H56N2. The summed E-state index contributed by atoms with van der Waals surface area (Å²) in [7, 11) is 0. The fraction of sp³-hybridized carbons (Fsp3) is 0.